The quantitative estimate of drug-likeness (QED) is 0.793. The van der Waals surface area contributed by atoms with Crippen molar-refractivity contribution in [2.24, 2.45) is 0 Å². The molecule has 2 aromatic carbocycles. The molecule has 0 saturated carbocycles. The third kappa shape index (κ3) is 4.09. The Morgan fingerprint density at radius 2 is 1.73 bits per heavy atom. The number of para-hydroxylation sites is 1. The second-order valence-corrected chi connectivity index (χ2v) is 5.46. The maximum atomic E-state index is 12.0. The van der Waals surface area contributed by atoms with Crippen molar-refractivity contribution in [3.05, 3.63) is 65.7 Å². The minimum atomic E-state index is -1.11. The molecule has 2 aromatic rings. The van der Waals surface area contributed by atoms with Gasteiger partial charge in [0, 0.05) is 5.69 Å². The number of carbonyl (C=O) groups excluding carboxylic acids is 1. The van der Waals surface area contributed by atoms with Crippen molar-refractivity contribution < 1.29 is 9.90 Å². The first kappa shape index (κ1) is 16.0. The number of amides is 2. The van der Waals surface area contributed by atoms with Gasteiger partial charge in [0.05, 0.1) is 6.54 Å². The van der Waals surface area contributed by atoms with Crippen LogP contribution in [0.25, 0.3) is 0 Å². The molecular formula is C18H22N2O2. The standard InChI is InChI=1S/C18H22N2O2/c1-3-14-9-7-8-12-16(14)20-17(21)19-13-18(2,22)15-10-5-4-6-11-15/h4-12,22H,3,13H2,1-2H3,(H2,19,20,21). The van der Waals surface area contributed by atoms with E-state index in [1.807, 2.05) is 61.5 Å². The van der Waals surface area contributed by atoms with Gasteiger partial charge in [0.25, 0.3) is 0 Å². The summed E-state index contributed by atoms with van der Waals surface area (Å²) in [5.41, 5.74) is 1.53. The molecule has 0 heterocycles. The minimum Gasteiger partial charge on any atom is -0.384 e. The van der Waals surface area contributed by atoms with E-state index in [-0.39, 0.29) is 12.6 Å². The van der Waals surface area contributed by atoms with Crippen molar-refractivity contribution in [3.8, 4) is 0 Å². The molecule has 1 unspecified atom stereocenters. The summed E-state index contributed by atoms with van der Waals surface area (Å²) in [4.78, 5) is 12.0. The van der Waals surface area contributed by atoms with Gasteiger partial charge in [-0.1, -0.05) is 55.5 Å². The third-order valence-corrected chi connectivity index (χ3v) is 3.64. The molecule has 0 aliphatic carbocycles. The number of benzene rings is 2. The van der Waals surface area contributed by atoms with E-state index < -0.39 is 5.60 Å². The van der Waals surface area contributed by atoms with Crippen LogP contribution in [0.4, 0.5) is 10.5 Å². The lowest BCUT2D eigenvalue weighted by molar-refractivity contribution is 0.0599. The number of nitrogens with one attached hydrogen (secondary N) is 2. The topological polar surface area (TPSA) is 61.4 Å². The van der Waals surface area contributed by atoms with E-state index in [1.54, 1.807) is 6.92 Å². The van der Waals surface area contributed by atoms with Crippen LogP contribution >= 0.6 is 0 Å². The van der Waals surface area contributed by atoms with Crippen LogP contribution in [0, 0.1) is 0 Å². The lowest BCUT2D eigenvalue weighted by Gasteiger charge is -2.24. The molecule has 0 bridgehead atoms. The normalized spacial score (nSPS) is 13.2. The summed E-state index contributed by atoms with van der Waals surface area (Å²) in [6, 6.07) is 16.7. The number of urea groups is 1. The fraction of sp³-hybridized carbons (Fsp3) is 0.278. The summed E-state index contributed by atoms with van der Waals surface area (Å²) in [7, 11) is 0. The number of hydrogen-bond donors (Lipinski definition) is 3. The number of aryl methyl sites for hydroxylation is 1. The summed E-state index contributed by atoms with van der Waals surface area (Å²) in [5.74, 6) is 0. The summed E-state index contributed by atoms with van der Waals surface area (Å²) in [6.07, 6.45) is 0.845. The van der Waals surface area contributed by atoms with Gasteiger partial charge in [0.15, 0.2) is 0 Å². The Balaban J connectivity index is 1.95. The maximum absolute atomic E-state index is 12.0. The summed E-state index contributed by atoms with van der Waals surface area (Å²) >= 11 is 0. The van der Waals surface area contributed by atoms with Crippen LogP contribution in [0.5, 0.6) is 0 Å². The van der Waals surface area contributed by atoms with E-state index >= 15 is 0 Å². The van der Waals surface area contributed by atoms with Crippen LogP contribution in [0.2, 0.25) is 0 Å². The summed E-state index contributed by atoms with van der Waals surface area (Å²) in [6.45, 7) is 3.86. The van der Waals surface area contributed by atoms with Crippen LogP contribution in [-0.2, 0) is 12.0 Å². The Morgan fingerprint density at radius 1 is 1.09 bits per heavy atom. The zero-order valence-corrected chi connectivity index (χ0v) is 13.0. The first-order chi connectivity index (χ1) is 10.5. The molecule has 2 rings (SSSR count). The highest BCUT2D eigenvalue weighted by Crippen LogP contribution is 2.19. The minimum absolute atomic E-state index is 0.136. The van der Waals surface area contributed by atoms with Crippen molar-refractivity contribution in [2.75, 3.05) is 11.9 Å². The Hall–Kier alpha value is -2.33. The molecule has 0 aliphatic heterocycles. The van der Waals surface area contributed by atoms with Crippen molar-refractivity contribution in [2.45, 2.75) is 25.9 Å². The third-order valence-electron chi connectivity index (χ3n) is 3.64. The van der Waals surface area contributed by atoms with E-state index in [9.17, 15) is 9.90 Å². The SMILES string of the molecule is CCc1ccccc1NC(=O)NCC(C)(O)c1ccccc1. The molecule has 116 valence electrons. The van der Waals surface area contributed by atoms with Gasteiger partial charge in [0.1, 0.15) is 5.60 Å². The average molecular weight is 298 g/mol. The monoisotopic (exact) mass is 298 g/mol. The van der Waals surface area contributed by atoms with Crippen LogP contribution in [0.1, 0.15) is 25.0 Å². The Morgan fingerprint density at radius 3 is 2.41 bits per heavy atom. The molecule has 0 saturated heterocycles. The van der Waals surface area contributed by atoms with Crippen molar-refractivity contribution in [1.82, 2.24) is 5.32 Å². The number of carbonyl (C=O) groups is 1. The van der Waals surface area contributed by atoms with Crippen LogP contribution in [-0.4, -0.2) is 17.7 Å². The first-order valence-electron chi connectivity index (χ1n) is 7.43. The molecule has 2 amide bonds. The molecule has 22 heavy (non-hydrogen) atoms. The van der Waals surface area contributed by atoms with Crippen LogP contribution in [0.15, 0.2) is 54.6 Å². The van der Waals surface area contributed by atoms with Gasteiger partial charge in [0.2, 0.25) is 0 Å². The molecule has 3 N–H and O–H groups in total. The van der Waals surface area contributed by atoms with E-state index in [2.05, 4.69) is 10.6 Å². The van der Waals surface area contributed by atoms with Crippen molar-refractivity contribution >= 4 is 11.7 Å². The zero-order chi connectivity index (χ0) is 16.0. The lowest BCUT2D eigenvalue weighted by Crippen LogP contribution is -2.40. The lowest BCUT2D eigenvalue weighted by atomic mass is 9.96. The van der Waals surface area contributed by atoms with Crippen molar-refractivity contribution in [3.63, 3.8) is 0 Å². The van der Waals surface area contributed by atoms with Gasteiger partial charge < -0.3 is 15.7 Å². The second-order valence-electron chi connectivity index (χ2n) is 5.46. The molecule has 0 fully saturated rings. The van der Waals surface area contributed by atoms with Gasteiger partial charge in [-0.2, -0.15) is 0 Å². The smallest absolute Gasteiger partial charge is 0.319 e. The predicted octanol–water partition coefficient (Wildman–Crippen LogP) is 3.28. The number of anilines is 1. The van der Waals surface area contributed by atoms with E-state index in [1.165, 1.54) is 0 Å². The molecule has 4 nitrogen and oxygen atoms in total. The highest BCUT2D eigenvalue weighted by molar-refractivity contribution is 5.90. The van der Waals surface area contributed by atoms with Gasteiger partial charge in [-0.3, -0.25) is 0 Å². The molecule has 0 aliphatic rings. The summed E-state index contributed by atoms with van der Waals surface area (Å²) in [5, 5.41) is 16.0. The first-order valence-corrected chi connectivity index (χ1v) is 7.43. The summed E-state index contributed by atoms with van der Waals surface area (Å²) < 4.78 is 0. The van der Waals surface area contributed by atoms with Crippen molar-refractivity contribution in [1.29, 1.82) is 0 Å². The highest BCUT2D eigenvalue weighted by atomic mass is 16.3. The van der Waals surface area contributed by atoms with Crippen LogP contribution < -0.4 is 10.6 Å². The second kappa shape index (κ2) is 7.09. The van der Waals surface area contributed by atoms with E-state index in [0.29, 0.717) is 0 Å². The maximum Gasteiger partial charge on any atom is 0.319 e. The molecule has 1 atom stereocenters. The number of rotatable bonds is 5. The zero-order valence-electron chi connectivity index (χ0n) is 13.0. The van der Waals surface area contributed by atoms with Gasteiger partial charge >= 0.3 is 6.03 Å². The van der Waals surface area contributed by atoms with Crippen LogP contribution in [0.3, 0.4) is 0 Å². The fourth-order valence-corrected chi connectivity index (χ4v) is 2.27. The number of aliphatic hydroxyl groups is 1. The molecule has 0 radical (unpaired) electrons. The Labute approximate surface area is 131 Å². The molecule has 0 aromatic heterocycles. The fourth-order valence-electron chi connectivity index (χ4n) is 2.27. The predicted molar refractivity (Wildman–Crippen MR) is 88.9 cm³/mol. The largest absolute Gasteiger partial charge is 0.384 e. The Bertz CT molecular complexity index is 624. The Kier molecular flexibility index (Phi) is 5.17. The van der Waals surface area contributed by atoms with E-state index in [4.69, 9.17) is 0 Å². The highest BCUT2D eigenvalue weighted by Gasteiger charge is 2.23. The van der Waals surface area contributed by atoms with Gasteiger partial charge in [-0.15, -0.1) is 0 Å². The van der Waals surface area contributed by atoms with E-state index in [0.717, 1.165) is 23.2 Å². The number of hydrogen-bond acceptors (Lipinski definition) is 2. The van der Waals surface area contributed by atoms with Gasteiger partial charge in [-0.05, 0) is 30.5 Å². The molecule has 0 spiro atoms. The van der Waals surface area contributed by atoms with Gasteiger partial charge in [-0.25, -0.2) is 4.79 Å². The average Bonchev–Trinajstić information content (AvgIpc) is 2.54. The molecular weight excluding hydrogens is 276 g/mol. The molecule has 4 heteroatoms.